The zero-order chi connectivity index (χ0) is 23.8. The van der Waals surface area contributed by atoms with Gasteiger partial charge < -0.3 is 4.74 Å². The van der Waals surface area contributed by atoms with E-state index in [0.717, 1.165) is 0 Å². The highest BCUT2D eigenvalue weighted by atomic mass is 32.2. The topological polar surface area (TPSA) is 116 Å². The minimum atomic E-state index is -3.40. The lowest BCUT2D eigenvalue weighted by Crippen LogP contribution is -2.18. The summed E-state index contributed by atoms with van der Waals surface area (Å²) in [6.07, 6.45) is 0.583. The Balaban J connectivity index is 1.50. The third-order valence-corrected chi connectivity index (χ3v) is 7.28. The molecule has 1 aliphatic rings. The van der Waals surface area contributed by atoms with Crippen molar-refractivity contribution in [2.75, 3.05) is 4.72 Å². The Morgan fingerprint density at radius 3 is 2.73 bits per heavy atom. The molecule has 0 spiro atoms. The van der Waals surface area contributed by atoms with E-state index in [1.807, 2.05) is 0 Å². The Labute approximate surface area is 191 Å². The molecule has 1 fully saturated rings. The predicted molar refractivity (Wildman–Crippen MR) is 119 cm³/mol. The third kappa shape index (κ3) is 5.19. The summed E-state index contributed by atoms with van der Waals surface area (Å²) in [5.74, 6) is -0.929. The summed E-state index contributed by atoms with van der Waals surface area (Å²) in [5.41, 5.74) is 2.77. The molecule has 2 heterocycles. The van der Waals surface area contributed by atoms with Crippen molar-refractivity contribution in [1.82, 2.24) is 20.0 Å². The van der Waals surface area contributed by atoms with Crippen molar-refractivity contribution in [1.29, 1.82) is 0 Å². The number of nitrogens with zero attached hydrogens (tertiary/aromatic N) is 4. The van der Waals surface area contributed by atoms with E-state index in [1.54, 1.807) is 45.2 Å². The fourth-order valence-corrected chi connectivity index (χ4v) is 4.84. The van der Waals surface area contributed by atoms with Crippen LogP contribution in [0, 0.1) is 12.7 Å². The van der Waals surface area contributed by atoms with Crippen molar-refractivity contribution < 1.29 is 22.3 Å². The number of rotatable bonds is 8. The van der Waals surface area contributed by atoms with Gasteiger partial charge in [0, 0.05) is 7.05 Å². The number of aryl methyl sites for hydroxylation is 2. The van der Waals surface area contributed by atoms with Gasteiger partial charge in [0.15, 0.2) is 0 Å². The van der Waals surface area contributed by atoms with Crippen molar-refractivity contribution >= 4 is 21.7 Å². The van der Waals surface area contributed by atoms with Gasteiger partial charge in [-0.25, -0.2) is 17.8 Å². The minimum Gasteiger partial charge on any atom is -0.457 e. The number of hydrogen-bond acceptors (Lipinski definition) is 7. The molecule has 4 rings (SSSR count). The number of hydrogen-bond donors (Lipinski definition) is 1. The van der Waals surface area contributed by atoms with Gasteiger partial charge in [0.1, 0.15) is 17.6 Å². The van der Waals surface area contributed by atoms with E-state index in [1.165, 1.54) is 16.8 Å². The number of pyridine rings is 1. The van der Waals surface area contributed by atoms with E-state index in [9.17, 15) is 17.6 Å². The van der Waals surface area contributed by atoms with E-state index in [0.29, 0.717) is 46.9 Å². The summed E-state index contributed by atoms with van der Waals surface area (Å²) in [6, 6.07) is 9.14. The van der Waals surface area contributed by atoms with Crippen LogP contribution in [0.5, 0.6) is 0 Å². The van der Waals surface area contributed by atoms with Crippen LogP contribution in [0.15, 0.2) is 36.4 Å². The first-order valence-corrected chi connectivity index (χ1v) is 12.0. The minimum absolute atomic E-state index is 0.116. The van der Waals surface area contributed by atoms with Gasteiger partial charge in [-0.2, -0.15) is 0 Å². The van der Waals surface area contributed by atoms with Crippen LogP contribution in [0.3, 0.4) is 0 Å². The molecule has 1 aromatic carbocycles. The number of anilines is 1. The molecule has 0 radical (unpaired) electrons. The van der Waals surface area contributed by atoms with E-state index >= 15 is 0 Å². The number of aromatic nitrogens is 4. The van der Waals surface area contributed by atoms with Gasteiger partial charge in [-0.15, -0.1) is 5.10 Å². The highest BCUT2D eigenvalue weighted by Gasteiger charge is 2.36. The average Bonchev–Trinajstić information content (AvgIpc) is 3.56. The summed E-state index contributed by atoms with van der Waals surface area (Å²) < 4.78 is 47.4. The normalized spacial score (nSPS) is 14.7. The zero-order valence-electron chi connectivity index (χ0n) is 18.4. The molecule has 1 N–H and O–H groups in total. The second-order valence-corrected chi connectivity index (χ2v) is 10.0. The number of benzene rings is 1. The van der Waals surface area contributed by atoms with Crippen molar-refractivity contribution in [2.45, 2.75) is 44.5 Å². The molecule has 0 amide bonds. The first-order valence-electron chi connectivity index (χ1n) is 10.5. The fraction of sp³-hybridized carbons (Fsp3) is 0.364. The summed E-state index contributed by atoms with van der Waals surface area (Å²) in [5, 5.41) is 7.78. The Morgan fingerprint density at radius 2 is 2.06 bits per heavy atom. The number of esters is 1. The highest BCUT2D eigenvalue weighted by Crippen LogP contribution is 2.31. The van der Waals surface area contributed by atoms with Crippen LogP contribution in [-0.2, 0) is 33.0 Å². The first-order chi connectivity index (χ1) is 15.6. The SMILES string of the molecule is Cc1nc(-c2nnn(C)c2CC(=O)O[C@H](C)c2cccc(F)c2)ccc1NS(=O)(=O)C1CC1. The van der Waals surface area contributed by atoms with Crippen LogP contribution < -0.4 is 4.72 Å². The summed E-state index contributed by atoms with van der Waals surface area (Å²) in [6.45, 7) is 3.36. The van der Waals surface area contributed by atoms with Crippen LogP contribution in [0.2, 0.25) is 0 Å². The monoisotopic (exact) mass is 473 g/mol. The quantitative estimate of drug-likeness (QED) is 0.500. The highest BCUT2D eigenvalue weighted by molar-refractivity contribution is 7.93. The Morgan fingerprint density at radius 1 is 1.30 bits per heavy atom. The summed E-state index contributed by atoms with van der Waals surface area (Å²) >= 11 is 0. The van der Waals surface area contributed by atoms with Crippen LogP contribution in [0.25, 0.3) is 11.4 Å². The molecule has 0 saturated heterocycles. The fourth-order valence-electron chi connectivity index (χ4n) is 3.39. The lowest BCUT2D eigenvalue weighted by Gasteiger charge is -2.14. The molecular formula is C22H24FN5O4S. The van der Waals surface area contributed by atoms with Crippen LogP contribution >= 0.6 is 0 Å². The molecule has 9 nitrogen and oxygen atoms in total. The van der Waals surface area contributed by atoms with Gasteiger partial charge in [0.25, 0.3) is 0 Å². The number of halogens is 1. The van der Waals surface area contributed by atoms with Gasteiger partial charge in [0.2, 0.25) is 10.0 Å². The van der Waals surface area contributed by atoms with Crippen LogP contribution in [0.4, 0.5) is 10.1 Å². The zero-order valence-corrected chi connectivity index (χ0v) is 19.3. The van der Waals surface area contributed by atoms with Gasteiger partial charge >= 0.3 is 5.97 Å². The molecule has 1 saturated carbocycles. The molecule has 1 atom stereocenters. The van der Waals surface area contributed by atoms with Crippen LogP contribution in [0.1, 0.15) is 42.8 Å². The molecule has 11 heteroatoms. The van der Waals surface area contributed by atoms with E-state index in [-0.39, 0.29) is 11.7 Å². The van der Waals surface area contributed by atoms with Crippen molar-refractivity contribution in [3.63, 3.8) is 0 Å². The maximum absolute atomic E-state index is 13.5. The first kappa shape index (κ1) is 22.8. The van der Waals surface area contributed by atoms with Crippen molar-refractivity contribution in [3.8, 4) is 11.4 Å². The Kier molecular flexibility index (Phi) is 6.15. The third-order valence-electron chi connectivity index (χ3n) is 5.42. The second-order valence-electron chi connectivity index (χ2n) is 8.05. The number of carbonyl (C=O) groups excluding carboxylic acids is 1. The molecule has 0 unspecified atom stereocenters. The van der Waals surface area contributed by atoms with Gasteiger partial charge in [-0.3, -0.25) is 14.2 Å². The van der Waals surface area contributed by atoms with E-state index < -0.39 is 27.9 Å². The smallest absolute Gasteiger partial charge is 0.312 e. The maximum atomic E-state index is 13.5. The Hall–Kier alpha value is -3.34. The second kappa shape index (κ2) is 8.89. The lowest BCUT2D eigenvalue weighted by atomic mass is 10.1. The molecule has 1 aliphatic carbocycles. The number of carbonyl (C=O) groups is 1. The predicted octanol–water partition coefficient (Wildman–Crippen LogP) is 3.08. The molecule has 2 aromatic heterocycles. The standard InChI is InChI=1S/C22H24FN5O4S/c1-13-18(26-33(30,31)17-7-8-17)9-10-19(24-13)22-20(28(3)27-25-22)12-21(29)32-14(2)15-5-4-6-16(23)11-15/h4-6,9-11,14,17,26H,7-8,12H2,1-3H3/t14-/m1/s1. The number of nitrogens with one attached hydrogen (secondary N) is 1. The average molecular weight is 474 g/mol. The lowest BCUT2D eigenvalue weighted by molar-refractivity contribution is -0.147. The van der Waals surface area contributed by atoms with Gasteiger partial charge in [-0.05, 0) is 56.5 Å². The Bertz CT molecular complexity index is 1300. The van der Waals surface area contributed by atoms with Crippen LogP contribution in [-0.4, -0.2) is 39.6 Å². The molecule has 3 aromatic rings. The largest absolute Gasteiger partial charge is 0.457 e. The van der Waals surface area contributed by atoms with E-state index in [4.69, 9.17) is 4.74 Å². The van der Waals surface area contributed by atoms with Gasteiger partial charge in [-0.1, -0.05) is 17.3 Å². The molecule has 174 valence electrons. The number of sulfonamides is 1. The maximum Gasteiger partial charge on any atom is 0.312 e. The molecule has 33 heavy (non-hydrogen) atoms. The summed E-state index contributed by atoms with van der Waals surface area (Å²) in [7, 11) is -1.75. The molecule has 0 aliphatic heterocycles. The van der Waals surface area contributed by atoms with Crippen molar-refractivity contribution in [2.24, 2.45) is 7.05 Å². The van der Waals surface area contributed by atoms with Gasteiger partial charge in [0.05, 0.1) is 34.4 Å². The van der Waals surface area contributed by atoms with E-state index in [2.05, 4.69) is 20.0 Å². The summed E-state index contributed by atoms with van der Waals surface area (Å²) in [4.78, 5) is 17.1. The van der Waals surface area contributed by atoms with Crippen molar-refractivity contribution in [3.05, 3.63) is 59.2 Å². The number of ether oxygens (including phenoxy) is 1. The molecular weight excluding hydrogens is 449 g/mol. The molecule has 0 bridgehead atoms.